The largest absolute Gasteiger partial charge is 0.350 e. The Kier molecular flexibility index (Phi) is 6.04. The van der Waals surface area contributed by atoms with Gasteiger partial charge in [0.2, 0.25) is 5.91 Å². The van der Waals surface area contributed by atoms with Gasteiger partial charge in [-0.15, -0.1) is 0 Å². The van der Waals surface area contributed by atoms with E-state index >= 15 is 0 Å². The predicted octanol–water partition coefficient (Wildman–Crippen LogP) is 3.25. The van der Waals surface area contributed by atoms with Crippen molar-refractivity contribution >= 4 is 17.5 Å². The Morgan fingerprint density at radius 1 is 1.28 bits per heavy atom. The van der Waals surface area contributed by atoms with E-state index in [-0.39, 0.29) is 6.54 Å². The topological polar surface area (TPSA) is 64.7 Å². The van der Waals surface area contributed by atoms with Gasteiger partial charge in [0.05, 0.1) is 11.2 Å². The minimum atomic E-state index is -3.13. The average molecular weight is 382 g/mol. The zero-order chi connectivity index (χ0) is 18.7. The molecule has 6 nitrogen and oxygen atoms in total. The van der Waals surface area contributed by atoms with Crippen LogP contribution in [-0.2, 0) is 24.4 Å². The van der Waals surface area contributed by atoms with Crippen molar-refractivity contribution in [3.63, 3.8) is 0 Å². The number of aromatic nitrogens is 4. The second kappa shape index (κ2) is 7.85. The number of hydrogen-bond acceptors (Lipinski definition) is 3. The van der Waals surface area contributed by atoms with Crippen molar-refractivity contribution in [2.24, 2.45) is 0 Å². The highest BCUT2D eigenvalue weighted by molar-refractivity contribution is 6.32. The third-order valence-corrected chi connectivity index (χ3v) is 4.03. The first-order valence-electron chi connectivity index (χ1n) is 7.36. The van der Waals surface area contributed by atoms with Gasteiger partial charge in [0.15, 0.2) is 0 Å². The molecule has 2 aromatic heterocycles. The lowest BCUT2D eigenvalue weighted by atomic mass is 10.2. The molecule has 0 saturated heterocycles. The molecule has 1 N–H and O–H groups in total. The summed E-state index contributed by atoms with van der Waals surface area (Å²) in [5, 5.41) is 9.15. The Bertz CT molecular complexity index is 759. The van der Waals surface area contributed by atoms with E-state index in [9.17, 15) is 22.4 Å². The number of rotatable bonds is 7. The number of carbonyl (C=O) groups is 1. The van der Waals surface area contributed by atoms with Crippen LogP contribution in [0.25, 0.3) is 0 Å². The van der Waals surface area contributed by atoms with Crippen LogP contribution in [0.5, 0.6) is 0 Å². The molecule has 0 fully saturated rings. The van der Waals surface area contributed by atoms with E-state index < -0.39 is 41.7 Å². The lowest BCUT2D eigenvalue weighted by Crippen LogP contribution is -2.28. The molecule has 0 aliphatic heterocycles. The number of hydrogen-bond donors (Lipinski definition) is 1. The van der Waals surface area contributed by atoms with E-state index in [1.54, 1.807) is 10.9 Å². The quantitative estimate of drug-likeness (QED) is 0.749. The summed E-state index contributed by atoms with van der Waals surface area (Å²) in [6, 6.07) is 0. The molecule has 0 aromatic carbocycles. The van der Waals surface area contributed by atoms with Gasteiger partial charge < -0.3 is 5.32 Å². The molecule has 11 heteroatoms. The standard InChI is InChI=1S/C14H16ClF4N5O/c1-3-23-7(2)8(5-21-23)4-20-9(25)6-24-12(14(18)19)10(15)11(22-24)13(16)17/h5,13-14H,3-4,6H2,1-2H3,(H,20,25). The summed E-state index contributed by atoms with van der Waals surface area (Å²) in [6.45, 7) is 3.89. The van der Waals surface area contributed by atoms with Gasteiger partial charge in [0, 0.05) is 24.3 Å². The van der Waals surface area contributed by atoms with Crippen LogP contribution in [0.15, 0.2) is 6.20 Å². The van der Waals surface area contributed by atoms with Crippen LogP contribution in [0.4, 0.5) is 17.6 Å². The molecule has 0 saturated carbocycles. The first kappa shape index (κ1) is 19.2. The monoisotopic (exact) mass is 381 g/mol. The van der Waals surface area contributed by atoms with Crippen LogP contribution in [0.1, 0.15) is 42.4 Å². The normalized spacial score (nSPS) is 11.6. The maximum atomic E-state index is 13.0. The number of amides is 1. The second-order valence-corrected chi connectivity index (χ2v) is 5.57. The van der Waals surface area contributed by atoms with Crippen LogP contribution >= 0.6 is 11.6 Å². The van der Waals surface area contributed by atoms with Crippen molar-refractivity contribution in [2.45, 2.75) is 46.3 Å². The Morgan fingerprint density at radius 3 is 2.48 bits per heavy atom. The SMILES string of the molecule is CCn1ncc(CNC(=O)Cn2nc(C(F)F)c(Cl)c2C(F)F)c1C. The summed E-state index contributed by atoms with van der Waals surface area (Å²) in [6.07, 6.45) is -4.66. The first-order chi connectivity index (χ1) is 11.8. The van der Waals surface area contributed by atoms with Crippen LogP contribution in [0, 0.1) is 6.92 Å². The van der Waals surface area contributed by atoms with Gasteiger partial charge in [0.1, 0.15) is 17.9 Å². The lowest BCUT2D eigenvalue weighted by Gasteiger charge is -2.08. The molecule has 1 amide bonds. The lowest BCUT2D eigenvalue weighted by molar-refractivity contribution is -0.122. The highest BCUT2D eigenvalue weighted by Crippen LogP contribution is 2.34. The van der Waals surface area contributed by atoms with Crippen molar-refractivity contribution in [3.05, 3.63) is 33.9 Å². The van der Waals surface area contributed by atoms with Crippen molar-refractivity contribution in [3.8, 4) is 0 Å². The molecule has 0 aliphatic rings. The molecular formula is C14H16ClF4N5O. The molecule has 2 rings (SSSR count). The highest BCUT2D eigenvalue weighted by Gasteiger charge is 2.28. The Hall–Kier alpha value is -2.10. The second-order valence-electron chi connectivity index (χ2n) is 5.19. The molecule has 0 aliphatic carbocycles. The molecule has 2 heterocycles. The zero-order valence-corrected chi connectivity index (χ0v) is 14.2. The van der Waals surface area contributed by atoms with Crippen LogP contribution in [-0.4, -0.2) is 25.5 Å². The van der Waals surface area contributed by atoms with Gasteiger partial charge in [-0.1, -0.05) is 11.6 Å². The van der Waals surface area contributed by atoms with E-state index in [1.807, 2.05) is 13.8 Å². The van der Waals surface area contributed by atoms with Crippen molar-refractivity contribution in [1.29, 1.82) is 0 Å². The minimum Gasteiger partial charge on any atom is -0.350 e. The van der Waals surface area contributed by atoms with Gasteiger partial charge in [0.25, 0.3) is 12.9 Å². The summed E-state index contributed by atoms with van der Waals surface area (Å²) in [7, 11) is 0. The molecule has 0 radical (unpaired) electrons. The molecule has 0 atom stereocenters. The van der Waals surface area contributed by atoms with Gasteiger partial charge in [-0.05, 0) is 13.8 Å². The van der Waals surface area contributed by atoms with E-state index in [1.165, 1.54) is 0 Å². The Labute approximate surface area is 145 Å². The summed E-state index contributed by atoms with van der Waals surface area (Å²) < 4.78 is 53.8. The summed E-state index contributed by atoms with van der Waals surface area (Å²) in [5.74, 6) is -0.662. The van der Waals surface area contributed by atoms with Crippen LogP contribution < -0.4 is 5.32 Å². The number of aryl methyl sites for hydroxylation is 1. The van der Waals surface area contributed by atoms with Crippen molar-refractivity contribution < 1.29 is 22.4 Å². The molecule has 138 valence electrons. The molecule has 0 bridgehead atoms. The van der Waals surface area contributed by atoms with Gasteiger partial charge in [-0.3, -0.25) is 14.2 Å². The first-order valence-corrected chi connectivity index (χ1v) is 7.74. The maximum Gasteiger partial charge on any atom is 0.283 e. The number of nitrogens with zero attached hydrogens (tertiary/aromatic N) is 4. The van der Waals surface area contributed by atoms with E-state index in [4.69, 9.17) is 11.6 Å². The van der Waals surface area contributed by atoms with Crippen LogP contribution in [0.3, 0.4) is 0 Å². The van der Waals surface area contributed by atoms with Gasteiger partial charge >= 0.3 is 0 Å². The molecule has 2 aromatic rings. The third kappa shape index (κ3) is 4.12. The van der Waals surface area contributed by atoms with Gasteiger partial charge in [-0.25, -0.2) is 17.6 Å². The van der Waals surface area contributed by atoms with E-state index in [2.05, 4.69) is 15.5 Å². The van der Waals surface area contributed by atoms with Gasteiger partial charge in [-0.2, -0.15) is 10.2 Å². The average Bonchev–Trinajstić information content (AvgIpc) is 3.05. The number of alkyl halides is 4. The van der Waals surface area contributed by atoms with E-state index in [0.717, 1.165) is 11.3 Å². The minimum absolute atomic E-state index is 0.130. The summed E-state index contributed by atoms with van der Waals surface area (Å²) in [5.41, 5.74) is -0.249. The molecule has 0 spiro atoms. The van der Waals surface area contributed by atoms with Crippen molar-refractivity contribution in [1.82, 2.24) is 24.9 Å². The third-order valence-electron chi connectivity index (χ3n) is 3.64. The Morgan fingerprint density at radius 2 is 1.96 bits per heavy atom. The summed E-state index contributed by atoms with van der Waals surface area (Å²) in [4.78, 5) is 12.0. The number of nitrogens with one attached hydrogen (secondary N) is 1. The number of halogens is 5. The molecular weight excluding hydrogens is 366 g/mol. The Balaban J connectivity index is 2.09. The van der Waals surface area contributed by atoms with Crippen molar-refractivity contribution in [2.75, 3.05) is 0 Å². The fourth-order valence-electron chi connectivity index (χ4n) is 2.30. The number of carbonyl (C=O) groups excluding carboxylic acids is 1. The molecule has 0 unspecified atom stereocenters. The zero-order valence-electron chi connectivity index (χ0n) is 13.4. The maximum absolute atomic E-state index is 13.0. The smallest absolute Gasteiger partial charge is 0.283 e. The predicted molar refractivity (Wildman–Crippen MR) is 81.6 cm³/mol. The highest BCUT2D eigenvalue weighted by atomic mass is 35.5. The fourth-order valence-corrected chi connectivity index (χ4v) is 2.60. The van der Waals surface area contributed by atoms with E-state index in [0.29, 0.717) is 11.2 Å². The van der Waals surface area contributed by atoms with Crippen LogP contribution in [0.2, 0.25) is 5.02 Å². The fraction of sp³-hybridized carbons (Fsp3) is 0.500. The molecule has 25 heavy (non-hydrogen) atoms. The summed E-state index contributed by atoms with van der Waals surface area (Å²) >= 11 is 5.53.